The number of aliphatic carboxylic acids is 1. The van der Waals surface area contributed by atoms with E-state index in [1.54, 1.807) is 0 Å². The molecular weight excluding hydrogens is 243 g/mol. The number of rotatable bonds is 1. The van der Waals surface area contributed by atoms with E-state index >= 15 is 0 Å². The van der Waals surface area contributed by atoms with E-state index < -0.39 is 35.9 Å². The maximum Gasteiger partial charge on any atom is 0.471 e. The minimum atomic E-state index is -4.96. The zero-order valence-electron chi connectivity index (χ0n) is 8.66. The molecule has 0 aromatic heterocycles. The summed E-state index contributed by atoms with van der Waals surface area (Å²) in [6.07, 6.45) is -4.96. The quantitative estimate of drug-likeness (QED) is 0.720. The van der Waals surface area contributed by atoms with Gasteiger partial charge in [0.1, 0.15) is 0 Å². The number of carboxylic acids is 1. The van der Waals surface area contributed by atoms with E-state index in [1.165, 1.54) is 0 Å². The van der Waals surface area contributed by atoms with Gasteiger partial charge in [0.25, 0.3) is 0 Å². The topological polar surface area (TPSA) is 66.8 Å². The fraction of sp³-hybridized carbons (Fsp3) is 0.778. The summed E-state index contributed by atoms with van der Waals surface area (Å²) in [6, 6.07) is 0. The Hall–Kier alpha value is -1.31. The van der Waals surface area contributed by atoms with Crippen molar-refractivity contribution >= 4 is 11.9 Å². The molecule has 2 saturated heterocycles. The van der Waals surface area contributed by atoms with Crippen LogP contribution in [0.2, 0.25) is 0 Å². The highest BCUT2D eigenvalue weighted by molar-refractivity contribution is 5.83. The molecular formula is C9H10F3NO4. The van der Waals surface area contributed by atoms with Crippen molar-refractivity contribution in [2.45, 2.75) is 6.18 Å². The van der Waals surface area contributed by atoms with Crippen molar-refractivity contribution in [3.05, 3.63) is 0 Å². The Kier molecular flexibility index (Phi) is 2.57. The van der Waals surface area contributed by atoms with Crippen molar-refractivity contribution < 1.29 is 32.6 Å². The van der Waals surface area contributed by atoms with E-state index in [1.807, 2.05) is 0 Å². The number of amides is 1. The third-order valence-corrected chi connectivity index (χ3v) is 3.25. The van der Waals surface area contributed by atoms with E-state index in [0.29, 0.717) is 4.90 Å². The van der Waals surface area contributed by atoms with Gasteiger partial charge in [-0.25, -0.2) is 0 Å². The second-order valence-corrected chi connectivity index (χ2v) is 4.43. The number of carboxylic acid groups (broad SMARTS) is 1. The normalized spacial score (nSPS) is 27.0. The van der Waals surface area contributed by atoms with Crippen molar-refractivity contribution in [3.8, 4) is 0 Å². The third kappa shape index (κ3) is 1.86. The Morgan fingerprint density at radius 2 is 1.94 bits per heavy atom. The summed E-state index contributed by atoms with van der Waals surface area (Å²) in [5.74, 6) is -4.15. The van der Waals surface area contributed by atoms with Crippen LogP contribution in [0.5, 0.6) is 0 Å². The number of hydrogen-bond acceptors (Lipinski definition) is 3. The van der Waals surface area contributed by atoms with Gasteiger partial charge >= 0.3 is 18.1 Å². The molecule has 1 atom stereocenters. The molecule has 0 saturated carbocycles. The monoisotopic (exact) mass is 253 g/mol. The average Bonchev–Trinajstić information content (AvgIpc) is 2.54. The first-order valence-corrected chi connectivity index (χ1v) is 4.93. The lowest BCUT2D eigenvalue weighted by molar-refractivity contribution is -0.186. The van der Waals surface area contributed by atoms with Gasteiger partial charge in [0.05, 0.1) is 19.1 Å². The van der Waals surface area contributed by atoms with Crippen molar-refractivity contribution in [2.75, 3.05) is 26.3 Å². The van der Waals surface area contributed by atoms with Gasteiger partial charge in [-0.1, -0.05) is 0 Å². The summed E-state index contributed by atoms with van der Waals surface area (Å²) in [5, 5.41) is 8.94. The molecule has 17 heavy (non-hydrogen) atoms. The molecule has 8 heteroatoms. The van der Waals surface area contributed by atoms with Crippen LogP contribution in [0.15, 0.2) is 0 Å². The molecule has 0 radical (unpaired) electrons. The van der Waals surface area contributed by atoms with Crippen LogP contribution in [0, 0.1) is 11.3 Å². The third-order valence-electron chi connectivity index (χ3n) is 3.25. The average molecular weight is 253 g/mol. The highest BCUT2D eigenvalue weighted by atomic mass is 19.4. The molecule has 0 aromatic rings. The van der Waals surface area contributed by atoms with Crippen molar-refractivity contribution in [1.29, 1.82) is 0 Å². The van der Waals surface area contributed by atoms with E-state index in [9.17, 15) is 22.8 Å². The molecule has 1 amide bonds. The predicted molar refractivity (Wildman–Crippen MR) is 47.0 cm³/mol. The van der Waals surface area contributed by atoms with Gasteiger partial charge in [-0.05, 0) is 0 Å². The second kappa shape index (κ2) is 3.59. The van der Waals surface area contributed by atoms with E-state index in [2.05, 4.69) is 0 Å². The number of ether oxygens (including phenoxy) is 1. The number of carbonyl (C=O) groups is 2. The molecule has 0 aromatic carbocycles. The lowest BCUT2D eigenvalue weighted by Crippen LogP contribution is -2.51. The SMILES string of the molecule is O=C(O)C1CN(C(=O)C(F)(F)F)CC12COC2. The Bertz CT molecular complexity index is 364. The first-order valence-electron chi connectivity index (χ1n) is 4.93. The van der Waals surface area contributed by atoms with Crippen molar-refractivity contribution in [2.24, 2.45) is 11.3 Å². The lowest BCUT2D eigenvalue weighted by atomic mass is 9.76. The van der Waals surface area contributed by atoms with Gasteiger partial charge in [-0.15, -0.1) is 0 Å². The first-order chi connectivity index (χ1) is 7.76. The number of nitrogens with zero attached hydrogens (tertiary/aromatic N) is 1. The summed E-state index contributed by atoms with van der Waals surface area (Å²) in [5.41, 5.74) is -0.841. The Morgan fingerprint density at radius 3 is 2.24 bits per heavy atom. The molecule has 2 aliphatic rings. The Morgan fingerprint density at radius 1 is 1.35 bits per heavy atom. The van der Waals surface area contributed by atoms with Gasteiger partial charge in [-0.2, -0.15) is 13.2 Å². The number of likely N-dealkylation sites (tertiary alicyclic amines) is 1. The molecule has 96 valence electrons. The largest absolute Gasteiger partial charge is 0.481 e. The summed E-state index contributed by atoms with van der Waals surface area (Å²) in [4.78, 5) is 22.5. The Labute approximate surface area is 94.1 Å². The van der Waals surface area contributed by atoms with E-state index in [-0.39, 0.29) is 19.8 Å². The van der Waals surface area contributed by atoms with Crippen molar-refractivity contribution in [3.63, 3.8) is 0 Å². The molecule has 1 spiro atoms. The molecule has 0 aliphatic carbocycles. The number of alkyl halides is 3. The number of hydrogen-bond donors (Lipinski definition) is 1. The molecule has 2 aliphatic heterocycles. The zero-order valence-corrected chi connectivity index (χ0v) is 8.66. The molecule has 2 rings (SSSR count). The van der Waals surface area contributed by atoms with Crippen LogP contribution in [-0.4, -0.2) is 54.4 Å². The van der Waals surface area contributed by atoms with Crippen LogP contribution in [0.1, 0.15) is 0 Å². The van der Waals surface area contributed by atoms with Gasteiger partial charge in [0, 0.05) is 18.5 Å². The second-order valence-electron chi connectivity index (χ2n) is 4.43. The zero-order chi connectivity index (χ0) is 12.8. The van der Waals surface area contributed by atoms with Crippen LogP contribution in [0.3, 0.4) is 0 Å². The highest BCUT2D eigenvalue weighted by Crippen LogP contribution is 2.43. The summed E-state index contributed by atoms with van der Waals surface area (Å²) < 4.78 is 41.6. The van der Waals surface area contributed by atoms with Crippen LogP contribution in [0.25, 0.3) is 0 Å². The van der Waals surface area contributed by atoms with E-state index in [0.717, 1.165) is 0 Å². The maximum absolute atomic E-state index is 12.2. The van der Waals surface area contributed by atoms with Crippen molar-refractivity contribution in [1.82, 2.24) is 4.90 Å². The fourth-order valence-corrected chi connectivity index (χ4v) is 2.30. The molecule has 0 bridgehead atoms. The summed E-state index contributed by atoms with van der Waals surface area (Å²) in [7, 11) is 0. The minimum Gasteiger partial charge on any atom is -0.481 e. The first kappa shape index (κ1) is 12.2. The maximum atomic E-state index is 12.2. The van der Waals surface area contributed by atoms with Gasteiger partial charge < -0.3 is 14.7 Å². The minimum absolute atomic E-state index is 0.0889. The molecule has 1 N–H and O–H groups in total. The lowest BCUT2D eigenvalue weighted by Gasteiger charge is -2.40. The predicted octanol–water partition coefficient (Wildman–Crippen LogP) is 0.108. The molecule has 1 unspecified atom stereocenters. The van der Waals surface area contributed by atoms with E-state index in [4.69, 9.17) is 9.84 Å². The summed E-state index contributed by atoms with van der Waals surface area (Å²) >= 11 is 0. The van der Waals surface area contributed by atoms with Crippen LogP contribution >= 0.6 is 0 Å². The van der Waals surface area contributed by atoms with Crippen LogP contribution in [0.4, 0.5) is 13.2 Å². The van der Waals surface area contributed by atoms with Gasteiger partial charge in [0.2, 0.25) is 0 Å². The summed E-state index contributed by atoms with van der Waals surface area (Å²) in [6.45, 7) is -0.434. The van der Waals surface area contributed by atoms with Gasteiger partial charge in [-0.3, -0.25) is 9.59 Å². The van der Waals surface area contributed by atoms with Gasteiger partial charge in [0.15, 0.2) is 0 Å². The molecule has 5 nitrogen and oxygen atoms in total. The number of halogens is 3. The smallest absolute Gasteiger partial charge is 0.471 e. The number of carbonyl (C=O) groups excluding carboxylic acids is 1. The van der Waals surface area contributed by atoms with Crippen LogP contribution in [-0.2, 0) is 14.3 Å². The molecule has 2 fully saturated rings. The fourth-order valence-electron chi connectivity index (χ4n) is 2.30. The van der Waals surface area contributed by atoms with Crippen LogP contribution < -0.4 is 0 Å². The Balaban J connectivity index is 2.15. The molecule has 2 heterocycles. The standard InChI is InChI=1S/C9H10F3NO4/c10-9(11,12)7(16)13-1-5(6(14)15)8(2-13)3-17-4-8/h5H,1-4H2,(H,14,15). The highest BCUT2D eigenvalue weighted by Gasteiger charge is 2.58.